The Morgan fingerprint density at radius 1 is 0.789 bits per heavy atom. The molecule has 0 unspecified atom stereocenters. The van der Waals surface area contributed by atoms with E-state index in [1.807, 2.05) is 0 Å². The summed E-state index contributed by atoms with van der Waals surface area (Å²) < 4.78 is 7.64. The number of rotatable bonds is 4. The first-order valence-electron chi connectivity index (χ1n) is 15.4. The minimum Gasteiger partial charge on any atom is -0.404 e. The van der Waals surface area contributed by atoms with Gasteiger partial charge < -0.3 is 4.43 Å². The number of carbonyl (C=O) groups excluding carboxylic acids is 1. The van der Waals surface area contributed by atoms with Crippen LogP contribution >= 0.6 is 0 Å². The van der Waals surface area contributed by atoms with Crippen LogP contribution in [0.25, 0.3) is 0 Å². The third-order valence-electron chi connectivity index (χ3n) is 12.1. The summed E-state index contributed by atoms with van der Waals surface area (Å²) in [5.41, 5.74) is 0.384. The molecule has 204 valence electrons. The summed E-state index contributed by atoms with van der Waals surface area (Å²) in [6.07, 6.45) is 11.0. The molecule has 0 saturated heterocycles. The van der Waals surface area contributed by atoms with Gasteiger partial charge in [-0.2, -0.15) is 0 Å². The van der Waals surface area contributed by atoms with E-state index in [0.29, 0.717) is 23.2 Å². The minimum absolute atomic E-state index is 0.0199. The zero-order valence-corrected chi connectivity index (χ0v) is 25.3. The lowest BCUT2D eigenvalue weighted by Gasteiger charge is -2.60. The molecule has 0 aliphatic heterocycles. The molecule has 0 spiro atoms. The van der Waals surface area contributed by atoms with Crippen LogP contribution in [0.5, 0.6) is 0 Å². The van der Waals surface area contributed by atoms with Crippen molar-refractivity contribution in [3.8, 4) is 0 Å². The van der Waals surface area contributed by atoms with Crippen LogP contribution in [0.2, 0.25) is 5.04 Å². The van der Waals surface area contributed by atoms with Gasteiger partial charge in [-0.05, 0) is 95.9 Å². The number of Topliss-reactive ketones (excluding diaryl/α,β-unsaturated/α-hetero) is 1. The Kier molecular flexibility index (Phi) is 6.59. The summed E-state index contributed by atoms with van der Waals surface area (Å²) in [7, 11) is -2.52. The molecule has 0 bridgehead atoms. The smallest absolute Gasteiger partial charge is 0.261 e. The normalized spacial score (nSPS) is 37.3. The molecule has 2 nitrogen and oxygen atoms in total. The number of hydrogen-bond acceptors (Lipinski definition) is 2. The van der Waals surface area contributed by atoms with E-state index in [9.17, 15) is 4.79 Å². The lowest BCUT2D eigenvalue weighted by Crippen LogP contribution is -2.68. The monoisotopic (exact) mass is 528 g/mol. The van der Waals surface area contributed by atoms with Crippen molar-refractivity contribution in [2.45, 2.75) is 104 Å². The molecule has 0 aromatic heterocycles. The first kappa shape index (κ1) is 26.5. The Balaban J connectivity index is 1.29. The van der Waals surface area contributed by atoms with Gasteiger partial charge in [-0.3, -0.25) is 4.79 Å². The van der Waals surface area contributed by atoms with E-state index in [1.165, 1.54) is 48.9 Å². The molecule has 4 fully saturated rings. The molecule has 0 radical (unpaired) electrons. The van der Waals surface area contributed by atoms with Gasteiger partial charge >= 0.3 is 0 Å². The number of fused-ring (bicyclic) bond motifs is 5. The molecule has 38 heavy (non-hydrogen) atoms. The number of carbonyl (C=O) groups is 1. The van der Waals surface area contributed by atoms with Gasteiger partial charge in [0.25, 0.3) is 8.32 Å². The van der Waals surface area contributed by atoms with E-state index < -0.39 is 8.32 Å². The quantitative estimate of drug-likeness (QED) is 0.383. The highest BCUT2D eigenvalue weighted by molar-refractivity contribution is 6.99. The second-order valence-electron chi connectivity index (χ2n) is 14.8. The molecule has 0 amide bonds. The highest BCUT2D eigenvalue weighted by Crippen LogP contribution is 2.65. The Labute approximate surface area is 232 Å². The Hall–Kier alpha value is -1.71. The standard InChI is InChI=1S/C35H48O2Si/c1-33(2,3)38(27-12-8-6-9-13-27,28-14-10-7-11-15-28)37-26-20-22-34(4)25(24-26)16-17-29-30-18-19-32(36)35(30,5)23-21-31(29)34/h6-15,25-26,29-31H,16-24H2,1-5H3/t25-,26-,29-,30-,31-,34-,35-/m0/s1. The molecule has 4 aliphatic carbocycles. The molecule has 4 saturated carbocycles. The number of ketones is 1. The molecular weight excluding hydrogens is 480 g/mol. The topological polar surface area (TPSA) is 26.3 Å². The predicted octanol–water partition coefficient (Wildman–Crippen LogP) is 7.54. The second kappa shape index (κ2) is 9.44. The van der Waals surface area contributed by atoms with Gasteiger partial charge in [0.15, 0.2) is 0 Å². The first-order valence-corrected chi connectivity index (χ1v) is 17.3. The average molecular weight is 529 g/mol. The summed E-state index contributed by atoms with van der Waals surface area (Å²) in [6, 6.07) is 22.3. The maximum atomic E-state index is 12.8. The van der Waals surface area contributed by atoms with E-state index >= 15 is 0 Å². The molecule has 3 heteroatoms. The van der Waals surface area contributed by atoms with Gasteiger partial charge in [-0.1, -0.05) is 95.3 Å². The summed E-state index contributed by atoms with van der Waals surface area (Å²) in [5.74, 6) is 3.49. The Morgan fingerprint density at radius 2 is 1.42 bits per heavy atom. The summed E-state index contributed by atoms with van der Waals surface area (Å²) in [6.45, 7) is 12.1. The van der Waals surface area contributed by atoms with E-state index in [4.69, 9.17) is 4.43 Å². The van der Waals surface area contributed by atoms with Crippen molar-refractivity contribution < 1.29 is 9.22 Å². The van der Waals surface area contributed by atoms with Crippen molar-refractivity contribution in [1.82, 2.24) is 0 Å². The predicted molar refractivity (Wildman–Crippen MR) is 159 cm³/mol. The van der Waals surface area contributed by atoms with Crippen LogP contribution in [-0.4, -0.2) is 20.2 Å². The third kappa shape index (κ3) is 3.93. The van der Waals surface area contributed by atoms with Crippen molar-refractivity contribution in [2.24, 2.45) is 34.5 Å². The van der Waals surface area contributed by atoms with Crippen LogP contribution in [-0.2, 0) is 9.22 Å². The Morgan fingerprint density at radius 3 is 2.03 bits per heavy atom. The fraction of sp³-hybridized carbons (Fsp3) is 0.629. The molecule has 6 rings (SSSR count). The van der Waals surface area contributed by atoms with Crippen molar-refractivity contribution in [2.75, 3.05) is 0 Å². The van der Waals surface area contributed by atoms with Crippen molar-refractivity contribution in [1.29, 1.82) is 0 Å². The van der Waals surface area contributed by atoms with Crippen LogP contribution in [0.1, 0.15) is 92.4 Å². The van der Waals surface area contributed by atoms with Crippen LogP contribution in [0.4, 0.5) is 0 Å². The molecular formula is C35H48O2Si. The summed E-state index contributed by atoms with van der Waals surface area (Å²) in [5, 5.41) is 2.82. The van der Waals surface area contributed by atoms with Crippen LogP contribution in [0, 0.1) is 34.5 Å². The van der Waals surface area contributed by atoms with Crippen LogP contribution < -0.4 is 10.4 Å². The van der Waals surface area contributed by atoms with Crippen molar-refractivity contribution in [3.05, 3.63) is 60.7 Å². The average Bonchev–Trinajstić information content (AvgIpc) is 3.22. The van der Waals surface area contributed by atoms with Crippen molar-refractivity contribution in [3.63, 3.8) is 0 Å². The minimum atomic E-state index is -2.52. The molecule has 0 N–H and O–H groups in total. The second-order valence-corrected chi connectivity index (χ2v) is 19.0. The Bertz CT molecular complexity index is 1110. The first-order chi connectivity index (χ1) is 18.1. The van der Waals surface area contributed by atoms with Gasteiger partial charge in [0.05, 0.1) is 0 Å². The number of hydrogen-bond donors (Lipinski definition) is 0. The highest BCUT2D eigenvalue weighted by atomic mass is 28.4. The van der Waals surface area contributed by atoms with E-state index in [2.05, 4.69) is 95.3 Å². The third-order valence-corrected chi connectivity index (χ3v) is 17.2. The fourth-order valence-corrected chi connectivity index (χ4v) is 14.8. The molecule has 0 heterocycles. The maximum absolute atomic E-state index is 12.8. The van der Waals surface area contributed by atoms with Gasteiger partial charge in [0.1, 0.15) is 5.78 Å². The molecule has 2 aromatic carbocycles. The van der Waals surface area contributed by atoms with Crippen molar-refractivity contribution >= 4 is 24.5 Å². The molecule has 7 atom stereocenters. The van der Waals surface area contributed by atoms with E-state index in [1.54, 1.807) is 0 Å². The fourth-order valence-electron chi connectivity index (χ4n) is 10.0. The van der Waals surface area contributed by atoms with Gasteiger partial charge in [-0.15, -0.1) is 0 Å². The largest absolute Gasteiger partial charge is 0.404 e. The zero-order chi connectivity index (χ0) is 26.8. The van der Waals surface area contributed by atoms with Gasteiger partial charge in [0, 0.05) is 17.9 Å². The van der Waals surface area contributed by atoms with Crippen LogP contribution in [0.3, 0.4) is 0 Å². The lowest BCUT2D eigenvalue weighted by molar-refractivity contribution is -0.141. The SMILES string of the molecule is CC(C)(C)[Si](O[C@H]1CC[C@@]2(C)[C@@H](CC[C@@H]3[C@@H]2CC[C@]2(C)C(=O)CC[C@@H]32)C1)(c1ccccc1)c1ccccc1. The van der Waals surface area contributed by atoms with E-state index in [0.717, 1.165) is 37.0 Å². The summed E-state index contributed by atoms with van der Waals surface area (Å²) in [4.78, 5) is 12.8. The van der Waals surface area contributed by atoms with Gasteiger partial charge in [0.2, 0.25) is 0 Å². The lowest BCUT2D eigenvalue weighted by atomic mass is 9.45. The highest BCUT2D eigenvalue weighted by Gasteiger charge is 2.61. The zero-order valence-electron chi connectivity index (χ0n) is 24.3. The van der Waals surface area contributed by atoms with E-state index in [-0.39, 0.29) is 10.5 Å². The molecule has 4 aliphatic rings. The number of benzene rings is 2. The van der Waals surface area contributed by atoms with Gasteiger partial charge in [-0.25, -0.2) is 0 Å². The maximum Gasteiger partial charge on any atom is 0.261 e. The summed E-state index contributed by atoms with van der Waals surface area (Å²) >= 11 is 0. The molecule has 2 aromatic rings. The van der Waals surface area contributed by atoms with Crippen LogP contribution in [0.15, 0.2) is 60.7 Å².